The van der Waals surface area contributed by atoms with Crippen LogP contribution in [0.5, 0.6) is 0 Å². The predicted molar refractivity (Wildman–Crippen MR) is 176 cm³/mol. The Balaban J connectivity index is 0.000000206. The number of hydrogen-bond acceptors (Lipinski definition) is 12. The number of Topliss-reactive ketones (excluding diaryl/α,β-unsaturated/α-hetero) is 4. The van der Waals surface area contributed by atoms with Crippen LogP contribution in [-0.2, 0) is 20.7 Å². The van der Waals surface area contributed by atoms with E-state index in [1.54, 1.807) is 54.6 Å². The standard InChI is InChI=1S/C18H10NO5S.C18H11NO2.2Na.O3S/c20-17-12-7-6-11(25(22,23)24)9-13(12)18(21)16(17)15-8-5-10-3-1-2-4-14(10)19-15;20-17-12-6-2-3-7-13(12)18(21)16(17)15-10-9-11-5-1-4-8-14(11)19-15;;;1-4(2)3/h1,3-9,16H,(H,22,23,24);1-10,16H;;;/q-1;;2*+1;/p-1. The van der Waals surface area contributed by atoms with E-state index in [2.05, 4.69) is 16.0 Å². The molecule has 0 amide bonds. The minimum absolute atomic E-state index is 0. The van der Waals surface area contributed by atoms with Crippen LogP contribution in [0, 0.1) is 6.07 Å². The van der Waals surface area contributed by atoms with Crippen LogP contribution in [0.1, 0.15) is 64.7 Å². The normalized spacial score (nSPS) is 14.6. The number of hydrogen-bond donors (Lipinski definition) is 0. The molecule has 1 atom stereocenters. The van der Waals surface area contributed by atoms with E-state index in [0.717, 1.165) is 28.4 Å². The van der Waals surface area contributed by atoms with E-state index in [1.165, 1.54) is 6.07 Å². The van der Waals surface area contributed by atoms with E-state index >= 15 is 0 Å². The maximum Gasteiger partial charge on any atom is 1.00 e. The molecule has 0 aliphatic heterocycles. The first-order valence-corrected chi connectivity index (χ1v) is 17.0. The number of aromatic nitrogens is 2. The minimum atomic E-state index is -4.71. The van der Waals surface area contributed by atoms with Crippen molar-refractivity contribution in [3.8, 4) is 0 Å². The maximum absolute atomic E-state index is 12.7. The van der Waals surface area contributed by atoms with Gasteiger partial charge in [0.1, 0.15) is 22.0 Å². The molecule has 2 heterocycles. The van der Waals surface area contributed by atoms with Crippen molar-refractivity contribution in [1.82, 2.24) is 9.97 Å². The molecular formula is C36H20N2Na2O10S2. The molecule has 8 rings (SSSR count). The number of rotatable bonds is 3. The van der Waals surface area contributed by atoms with Gasteiger partial charge in [-0.15, -0.1) is 18.0 Å². The average molecular weight is 751 g/mol. The van der Waals surface area contributed by atoms with E-state index in [0.29, 0.717) is 22.3 Å². The molecule has 16 heteroatoms. The van der Waals surface area contributed by atoms with Gasteiger partial charge in [-0.25, -0.2) is 8.42 Å². The summed E-state index contributed by atoms with van der Waals surface area (Å²) in [4.78, 5) is 58.6. The summed E-state index contributed by atoms with van der Waals surface area (Å²) < 4.78 is 58.8. The number of fused-ring (bicyclic) bond motifs is 4. The number of para-hydroxylation sites is 1. The van der Waals surface area contributed by atoms with Crippen molar-refractivity contribution in [2.24, 2.45) is 0 Å². The summed E-state index contributed by atoms with van der Waals surface area (Å²) in [6.07, 6.45) is 0. The van der Waals surface area contributed by atoms with Gasteiger partial charge in [-0.05, 0) is 41.9 Å². The van der Waals surface area contributed by atoms with Crippen LogP contribution < -0.4 is 59.1 Å². The van der Waals surface area contributed by atoms with Gasteiger partial charge in [0.25, 0.3) is 0 Å². The summed E-state index contributed by atoms with van der Waals surface area (Å²) >= 11 is 0. The van der Waals surface area contributed by atoms with Crippen molar-refractivity contribution in [1.29, 1.82) is 0 Å². The minimum Gasteiger partial charge on any atom is -0.744 e. The Kier molecular flexibility index (Phi) is 13.1. The molecule has 248 valence electrons. The Hall–Kier alpha value is -4.09. The number of carbonyl (C=O) groups is 4. The Bertz CT molecular complexity index is 2610. The van der Waals surface area contributed by atoms with Gasteiger partial charge in [-0.1, -0.05) is 54.6 Å². The topological polar surface area (TPSA) is 202 Å². The molecular weight excluding hydrogens is 731 g/mol. The maximum atomic E-state index is 12.7. The third kappa shape index (κ3) is 8.26. The number of nitrogens with zero attached hydrogens (tertiary/aromatic N) is 2. The van der Waals surface area contributed by atoms with Gasteiger partial charge in [0, 0.05) is 33.3 Å². The number of benzene rings is 4. The third-order valence-corrected chi connectivity index (χ3v) is 8.92. The fourth-order valence-corrected chi connectivity index (χ4v) is 6.33. The summed E-state index contributed by atoms with van der Waals surface area (Å²) in [6, 6.07) is 32.9. The summed E-state index contributed by atoms with van der Waals surface area (Å²) in [7, 11) is -7.82. The zero-order valence-electron chi connectivity index (χ0n) is 27.3. The van der Waals surface area contributed by atoms with Crippen LogP contribution in [0.15, 0.2) is 114 Å². The Morgan fingerprint density at radius 3 is 1.60 bits per heavy atom. The molecule has 2 aliphatic carbocycles. The number of pyridine rings is 2. The summed E-state index contributed by atoms with van der Waals surface area (Å²) in [6.45, 7) is 0. The Morgan fingerprint density at radius 2 is 1.04 bits per heavy atom. The van der Waals surface area contributed by atoms with Gasteiger partial charge in [-0.3, -0.25) is 24.2 Å². The van der Waals surface area contributed by atoms with Crippen molar-refractivity contribution in [3.05, 3.63) is 149 Å². The fraction of sp³-hybridized carbons (Fsp3) is 0.0556. The molecule has 0 fully saturated rings. The molecule has 52 heavy (non-hydrogen) atoms. The van der Waals surface area contributed by atoms with Crippen molar-refractivity contribution >= 4 is 65.7 Å². The van der Waals surface area contributed by atoms with Gasteiger partial charge in [0.05, 0.1) is 16.1 Å². The van der Waals surface area contributed by atoms with Gasteiger partial charge in [-0.2, -0.15) is 24.3 Å². The monoisotopic (exact) mass is 750 g/mol. The summed E-state index contributed by atoms with van der Waals surface area (Å²) in [5, 5.41) is 1.84. The van der Waals surface area contributed by atoms with E-state index in [-0.39, 0.29) is 87.5 Å². The van der Waals surface area contributed by atoms with Crippen molar-refractivity contribution < 1.29 is 104 Å². The van der Waals surface area contributed by atoms with Crippen LogP contribution >= 0.6 is 0 Å². The first-order chi connectivity index (χ1) is 23.8. The molecule has 0 N–H and O–H groups in total. The van der Waals surface area contributed by atoms with E-state index in [9.17, 15) is 32.1 Å². The molecule has 12 nitrogen and oxygen atoms in total. The second kappa shape index (κ2) is 16.7. The van der Waals surface area contributed by atoms with Crippen LogP contribution in [0.25, 0.3) is 21.8 Å². The molecule has 4 aromatic carbocycles. The largest absolute Gasteiger partial charge is 1.00 e. The molecule has 2 aromatic heterocycles. The van der Waals surface area contributed by atoms with Crippen molar-refractivity contribution in [3.63, 3.8) is 0 Å². The zero-order valence-corrected chi connectivity index (χ0v) is 33.0. The average Bonchev–Trinajstić information content (AvgIpc) is 3.51. The smallest absolute Gasteiger partial charge is 0.744 e. The van der Waals surface area contributed by atoms with Crippen LogP contribution in [0.3, 0.4) is 0 Å². The molecule has 0 radical (unpaired) electrons. The summed E-state index contributed by atoms with van der Waals surface area (Å²) in [5.41, 5.74) is 3.25. The van der Waals surface area contributed by atoms with E-state index < -0.39 is 49.0 Å². The van der Waals surface area contributed by atoms with Gasteiger partial charge in [0.2, 0.25) is 0 Å². The molecule has 6 aromatic rings. The Labute approximate surface area is 342 Å². The van der Waals surface area contributed by atoms with Gasteiger partial charge >= 0.3 is 69.7 Å². The van der Waals surface area contributed by atoms with Gasteiger partial charge < -0.3 is 9.54 Å². The van der Waals surface area contributed by atoms with Crippen LogP contribution in [-0.4, -0.2) is 58.7 Å². The number of carbonyl (C=O) groups excluding carboxylic acids is 4. The Morgan fingerprint density at radius 1 is 0.577 bits per heavy atom. The van der Waals surface area contributed by atoms with E-state index in [1.807, 2.05) is 36.4 Å². The van der Waals surface area contributed by atoms with Crippen molar-refractivity contribution in [2.45, 2.75) is 16.7 Å². The van der Waals surface area contributed by atoms with E-state index in [4.69, 9.17) is 12.6 Å². The SMILES string of the molecule is O=C1c2ccc(S(=O)(=O)[O-])cc2C(=O)C1c1ccc2cc[c-]cc2n1.O=C1c2ccccc2C(=O)C1c1ccc2ccccc2n1.O=S(=O)=O.[Na+].[Na+]. The zero-order chi connectivity index (χ0) is 35.7. The van der Waals surface area contributed by atoms with Crippen LogP contribution in [0.2, 0.25) is 0 Å². The molecule has 0 bridgehead atoms. The molecule has 2 aliphatic rings. The van der Waals surface area contributed by atoms with Crippen LogP contribution in [0.4, 0.5) is 0 Å². The second-order valence-corrected chi connectivity index (χ2v) is 12.8. The first-order valence-electron chi connectivity index (χ1n) is 14.6. The first kappa shape index (κ1) is 40.7. The summed E-state index contributed by atoms with van der Waals surface area (Å²) in [5.74, 6) is -3.26. The fourth-order valence-electron chi connectivity index (χ4n) is 5.83. The molecule has 0 saturated heterocycles. The quantitative estimate of drug-likeness (QED) is 0.0879. The number of ketones is 4. The van der Waals surface area contributed by atoms with Crippen molar-refractivity contribution in [2.75, 3.05) is 0 Å². The predicted octanol–water partition coefficient (Wildman–Crippen LogP) is -1.50. The second-order valence-electron chi connectivity index (χ2n) is 11.0. The molecule has 0 spiro atoms. The molecule has 1 unspecified atom stereocenters. The van der Waals surface area contributed by atoms with Gasteiger partial charge in [0.15, 0.2) is 23.1 Å². The third-order valence-electron chi connectivity index (χ3n) is 8.09. The molecule has 0 saturated carbocycles.